The standard InChI is InChI=1S/C21H21F2N3O2/c1-13-18(9-16(11-24)20(27)25-13)21(28)26-8-2-3-14(12-26)4-5-15-6-7-17(22)10-19(15)23/h6-7,9-10,14H,2-5,8,12H2,1H3,(H,25,27)/t14-/m1/s1. The summed E-state index contributed by atoms with van der Waals surface area (Å²) in [5.74, 6) is -1.15. The van der Waals surface area contributed by atoms with Crippen molar-refractivity contribution < 1.29 is 13.6 Å². The average Bonchev–Trinajstić information content (AvgIpc) is 2.67. The molecule has 146 valence electrons. The van der Waals surface area contributed by atoms with Gasteiger partial charge in [-0.1, -0.05) is 6.07 Å². The molecule has 1 N–H and O–H groups in total. The number of hydrogen-bond acceptors (Lipinski definition) is 3. The van der Waals surface area contributed by atoms with Gasteiger partial charge < -0.3 is 9.88 Å². The molecule has 1 aliphatic heterocycles. The van der Waals surface area contributed by atoms with E-state index in [0.29, 0.717) is 42.8 Å². The number of aromatic amines is 1. The summed E-state index contributed by atoms with van der Waals surface area (Å²) in [4.78, 5) is 28.9. The topological polar surface area (TPSA) is 77.0 Å². The number of aromatic nitrogens is 1. The van der Waals surface area contributed by atoms with Crippen LogP contribution in [0.4, 0.5) is 8.78 Å². The zero-order valence-electron chi connectivity index (χ0n) is 15.6. The van der Waals surface area contributed by atoms with Crippen molar-refractivity contribution in [3.05, 3.63) is 68.6 Å². The molecule has 2 heterocycles. The van der Waals surface area contributed by atoms with Crippen LogP contribution in [0.2, 0.25) is 0 Å². The highest BCUT2D eigenvalue weighted by molar-refractivity contribution is 5.95. The number of pyridine rings is 1. The molecule has 0 saturated carbocycles. The van der Waals surface area contributed by atoms with Crippen LogP contribution in [0.3, 0.4) is 0 Å². The number of carbonyl (C=O) groups excluding carboxylic acids is 1. The van der Waals surface area contributed by atoms with Gasteiger partial charge in [0.05, 0.1) is 5.56 Å². The summed E-state index contributed by atoms with van der Waals surface area (Å²) >= 11 is 0. The fourth-order valence-corrected chi connectivity index (χ4v) is 3.67. The third kappa shape index (κ3) is 4.28. The van der Waals surface area contributed by atoms with Crippen molar-refractivity contribution in [1.29, 1.82) is 5.26 Å². The summed E-state index contributed by atoms with van der Waals surface area (Å²) in [5.41, 5.74) is 0.634. The SMILES string of the molecule is Cc1[nH]c(=O)c(C#N)cc1C(=O)N1CCC[C@H](CCc2ccc(F)cc2F)C1. The van der Waals surface area contributed by atoms with Crippen LogP contribution >= 0.6 is 0 Å². The Kier molecular flexibility index (Phi) is 5.88. The van der Waals surface area contributed by atoms with Crippen LogP contribution in [0.1, 0.15) is 46.4 Å². The molecule has 1 saturated heterocycles. The number of likely N-dealkylation sites (tertiary alicyclic amines) is 1. The van der Waals surface area contributed by atoms with E-state index >= 15 is 0 Å². The number of hydrogen-bond donors (Lipinski definition) is 1. The fraction of sp³-hybridized carbons (Fsp3) is 0.381. The molecule has 1 aromatic carbocycles. The Bertz CT molecular complexity index is 994. The van der Waals surface area contributed by atoms with Gasteiger partial charge in [0, 0.05) is 24.8 Å². The summed E-state index contributed by atoms with van der Waals surface area (Å²) in [6, 6.07) is 6.74. The quantitative estimate of drug-likeness (QED) is 0.877. The molecule has 0 aliphatic carbocycles. The number of nitrogens with zero attached hydrogens (tertiary/aromatic N) is 2. The summed E-state index contributed by atoms with van der Waals surface area (Å²) < 4.78 is 26.8. The molecule has 1 atom stereocenters. The van der Waals surface area contributed by atoms with Gasteiger partial charge in [0.1, 0.15) is 23.3 Å². The Balaban J connectivity index is 1.68. The van der Waals surface area contributed by atoms with E-state index < -0.39 is 17.2 Å². The maximum absolute atomic E-state index is 13.8. The van der Waals surface area contributed by atoms with Gasteiger partial charge >= 0.3 is 0 Å². The predicted octanol–water partition coefficient (Wildman–Crippen LogP) is 3.32. The number of nitriles is 1. The Morgan fingerprint density at radius 2 is 2.14 bits per heavy atom. The van der Waals surface area contributed by atoms with E-state index in [1.165, 1.54) is 18.2 Å². The lowest BCUT2D eigenvalue weighted by atomic mass is 9.91. The van der Waals surface area contributed by atoms with Crippen molar-refractivity contribution >= 4 is 5.91 Å². The lowest BCUT2D eigenvalue weighted by Crippen LogP contribution is -2.40. The van der Waals surface area contributed by atoms with Crippen molar-refractivity contribution in [3.63, 3.8) is 0 Å². The molecule has 0 bridgehead atoms. The molecule has 1 amide bonds. The summed E-state index contributed by atoms with van der Waals surface area (Å²) in [7, 11) is 0. The van der Waals surface area contributed by atoms with E-state index in [4.69, 9.17) is 5.26 Å². The molecule has 5 nitrogen and oxygen atoms in total. The highest BCUT2D eigenvalue weighted by atomic mass is 19.1. The molecule has 2 aromatic rings. The minimum Gasteiger partial charge on any atom is -0.338 e. The maximum Gasteiger partial charge on any atom is 0.266 e. The Morgan fingerprint density at radius 1 is 1.36 bits per heavy atom. The first kappa shape index (κ1) is 19.7. The molecule has 0 radical (unpaired) electrons. The lowest BCUT2D eigenvalue weighted by Gasteiger charge is -2.33. The normalized spacial score (nSPS) is 16.6. The van der Waals surface area contributed by atoms with E-state index in [9.17, 15) is 18.4 Å². The van der Waals surface area contributed by atoms with Crippen molar-refractivity contribution in [2.45, 2.75) is 32.6 Å². The molecule has 1 fully saturated rings. The predicted molar refractivity (Wildman–Crippen MR) is 99.8 cm³/mol. The van der Waals surface area contributed by atoms with Gasteiger partial charge in [-0.15, -0.1) is 0 Å². The number of piperidine rings is 1. The molecule has 0 spiro atoms. The second-order valence-corrected chi connectivity index (χ2v) is 7.20. The summed E-state index contributed by atoms with van der Waals surface area (Å²) in [5, 5.41) is 9.04. The van der Waals surface area contributed by atoms with E-state index in [1.54, 1.807) is 17.9 Å². The van der Waals surface area contributed by atoms with Crippen LogP contribution in [0.15, 0.2) is 29.1 Å². The van der Waals surface area contributed by atoms with Gasteiger partial charge in [0.15, 0.2) is 0 Å². The molecular formula is C21H21F2N3O2. The molecule has 7 heteroatoms. The van der Waals surface area contributed by atoms with Crippen molar-refractivity contribution in [2.75, 3.05) is 13.1 Å². The number of benzene rings is 1. The first-order valence-corrected chi connectivity index (χ1v) is 9.26. The van der Waals surface area contributed by atoms with Gasteiger partial charge in [0.25, 0.3) is 11.5 Å². The molecule has 28 heavy (non-hydrogen) atoms. The van der Waals surface area contributed by atoms with Gasteiger partial charge in [-0.05, 0) is 56.2 Å². The smallest absolute Gasteiger partial charge is 0.266 e. The molecule has 1 aliphatic rings. The molecular weight excluding hydrogens is 364 g/mol. The highest BCUT2D eigenvalue weighted by Gasteiger charge is 2.26. The first-order valence-electron chi connectivity index (χ1n) is 9.26. The Hall–Kier alpha value is -3.01. The highest BCUT2D eigenvalue weighted by Crippen LogP contribution is 2.24. The number of halogens is 2. The number of rotatable bonds is 4. The van der Waals surface area contributed by atoms with Crippen LogP contribution in [0, 0.1) is 35.8 Å². The average molecular weight is 385 g/mol. The number of nitrogens with one attached hydrogen (secondary N) is 1. The second kappa shape index (κ2) is 8.34. The third-order valence-corrected chi connectivity index (χ3v) is 5.23. The molecule has 3 rings (SSSR count). The molecule has 0 unspecified atom stereocenters. The van der Waals surface area contributed by atoms with E-state index in [0.717, 1.165) is 18.9 Å². The van der Waals surface area contributed by atoms with Gasteiger partial charge in [-0.25, -0.2) is 8.78 Å². The zero-order valence-corrected chi connectivity index (χ0v) is 15.6. The van der Waals surface area contributed by atoms with Crippen LogP contribution in [-0.2, 0) is 6.42 Å². The third-order valence-electron chi connectivity index (χ3n) is 5.23. The number of carbonyl (C=O) groups is 1. The Labute approximate surface area is 161 Å². The van der Waals surface area contributed by atoms with Gasteiger partial charge in [-0.2, -0.15) is 5.26 Å². The van der Waals surface area contributed by atoms with Gasteiger partial charge in [0.2, 0.25) is 0 Å². The van der Waals surface area contributed by atoms with Crippen molar-refractivity contribution in [3.8, 4) is 6.07 Å². The van der Waals surface area contributed by atoms with Gasteiger partial charge in [-0.3, -0.25) is 9.59 Å². The van der Waals surface area contributed by atoms with Crippen molar-refractivity contribution in [1.82, 2.24) is 9.88 Å². The Morgan fingerprint density at radius 3 is 2.86 bits per heavy atom. The van der Waals surface area contributed by atoms with Crippen LogP contribution in [0.5, 0.6) is 0 Å². The maximum atomic E-state index is 13.8. The lowest BCUT2D eigenvalue weighted by molar-refractivity contribution is 0.0667. The minimum absolute atomic E-state index is 0.0886. The van der Waals surface area contributed by atoms with Crippen LogP contribution < -0.4 is 5.56 Å². The largest absolute Gasteiger partial charge is 0.338 e. The van der Waals surface area contributed by atoms with Crippen molar-refractivity contribution in [2.24, 2.45) is 5.92 Å². The monoisotopic (exact) mass is 385 g/mol. The summed E-state index contributed by atoms with van der Waals surface area (Å²) in [6.45, 7) is 2.76. The van der Waals surface area contributed by atoms with Crippen LogP contribution in [-0.4, -0.2) is 28.9 Å². The zero-order chi connectivity index (χ0) is 20.3. The first-order chi connectivity index (χ1) is 13.4. The number of H-pyrrole nitrogens is 1. The minimum atomic E-state index is -0.594. The molecule has 1 aromatic heterocycles. The van der Waals surface area contributed by atoms with E-state index in [-0.39, 0.29) is 17.4 Å². The second-order valence-electron chi connectivity index (χ2n) is 7.20. The summed E-state index contributed by atoms with van der Waals surface area (Å²) in [6.07, 6.45) is 2.94. The fourth-order valence-electron chi connectivity index (χ4n) is 3.67. The van der Waals surface area contributed by atoms with Crippen LogP contribution in [0.25, 0.3) is 0 Å². The number of amides is 1. The number of aryl methyl sites for hydroxylation is 2. The van der Waals surface area contributed by atoms with E-state index in [1.807, 2.05) is 0 Å². The van der Waals surface area contributed by atoms with E-state index in [2.05, 4.69) is 4.98 Å².